The van der Waals surface area contributed by atoms with E-state index in [0.717, 1.165) is 44.9 Å². The van der Waals surface area contributed by atoms with Gasteiger partial charge in [-0.25, -0.2) is 0 Å². The SMILES string of the molecule is CCCCCCCCCCCCCC(=O)O[C@H](COC(=O)CCC[C@@H](O)[C@H](O)/C=C/C=C/C=C\C=C\[C@H](O)CCCCC)COP(=O)([O-])OCC[N+](C)(C)C. The van der Waals surface area contributed by atoms with E-state index in [0.29, 0.717) is 17.4 Å². The van der Waals surface area contributed by atoms with E-state index < -0.39 is 57.4 Å². The maximum Gasteiger partial charge on any atom is 0.306 e. The Balaban J connectivity index is 4.73. The average molecular weight is 802 g/mol. The Hall–Kier alpha value is -2.15. The van der Waals surface area contributed by atoms with E-state index in [1.54, 1.807) is 42.5 Å². The molecular weight excluding hydrogens is 725 g/mol. The predicted molar refractivity (Wildman–Crippen MR) is 217 cm³/mol. The first-order chi connectivity index (χ1) is 26.2. The van der Waals surface area contributed by atoms with Crippen molar-refractivity contribution in [2.75, 3.05) is 47.5 Å². The molecule has 320 valence electrons. The molecule has 1 unspecified atom stereocenters. The molecular formula is C42H76NO11P. The van der Waals surface area contributed by atoms with Gasteiger partial charge in [0.2, 0.25) is 0 Å². The van der Waals surface area contributed by atoms with Gasteiger partial charge in [0, 0.05) is 12.8 Å². The van der Waals surface area contributed by atoms with Gasteiger partial charge in [-0.3, -0.25) is 14.2 Å². The number of hydrogen-bond donors (Lipinski definition) is 3. The number of quaternary nitrogens is 1. The van der Waals surface area contributed by atoms with E-state index >= 15 is 0 Å². The molecule has 0 aliphatic rings. The molecule has 12 nitrogen and oxygen atoms in total. The molecule has 0 radical (unpaired) electrons. The molecule has 0 spiro atoms. The Morgan fingerprint density at radius 3 is 1.78 bits per heavy atom. The Morgan fingerprint density at radius 2 is 1.18 bits per heavy atom. The lowest BCUT2D eigenvalue weighted by Crippen LogP contribution is -2.37. The third-order valence-electron chi connectivity index (χ3n) is 8.72. The van der Waals surface area contributed by atoms with Crippen LogP contribution in [0.5, 0.6) is 0 Å². The predicted octanol–water partition coefficient (Wildman–Crippen LogP) is 7.41. The normalized spacial score (nSPS) is 15.9. The van der Waals surface area contributed by atoms with Crippen LogP contribution in [0.15, 0.2) is 48.6 Å². The summed E-state index contributed by atoms with van der Waals surface area (Å²) in [7, 11) is 0.972. The molecule has 0 aliphatic heterocycles. The number of allylic oxidation sites excluding steroid dienone is 6. The number of carbonyl (C=O) groups is 2. The van der Waals surface area contributed by atoms with Crippen molar-refractivity contribution in [1.82, 2.24) is 0 Å². The number of likely N-dealkylation sites (N-methyl/N-ethyl adjacent to an activating group) is 1. The number of unbranched alkanes of at least 4 members (excludes halogenated alkanes) is 12. The molecule has 0 saturated carbocycles. The second-order valence-electron chi connectivity index (χ2n) is 15.2. The Kier molecular flexibility index (Phi) is 32.6. The standard InChI is InChI=1S/C42H76NO11P/c1-6-8-10-11-12-13-14-15-16-21-25-31-42(48)54-38(36-53-55(49,50)52-34-33-43(3,4)5)35-51-41(47)32-26-30-40(46)39(45)29-24-20-18-17-19-23-28-37(44)27-22-9-7-2/h17-20,23-24,28-29,37-40,44-46H,6-16,21-22,25-27,30-36H2,1-5H3/b19-17-,20-18+,28-23+,29-24+/t37-,38-,39-,40-/m1/s1. The van der Waals surface area contributed by atoms with Crippen molar-refractivity contribution in [2.24, 2.45) is 0 Å². The van der Waals surface area contributed by atoms with Crippen LogP contribution in [0.2, 0.25) is 0 Å². The van der Waals surface area contributed by atoms with Crippen LogP contribution in [0.4, 0.5) is 0 Å². The number of nitrogens with zero attached hydrogens (tertiary/aromatic N) is 1. The maximum absolute atomic E-state index is 12.6. The van der Waals surface area contributed by atoms with Gasteiger partial charge in [-0.15, -0.1) is 0 Å². The highest BCUT2D eigenvalue weighted by Crippen LogP contribution is 2.38. The summed E-state index contributed by atoms with van der Waals surface area (Å²) in [6.45, 7) is 3.69. The zero-order valence-electron chi connectivity index (χ0n) is 34.7. The lowest BCUT2D eigenvalue weighted by atomic mass is 10.1. The van der Waals surface area contributed by atoms with Crippen LogP contribution in [-0.4, -0.2) is 104 Å². The Morgan fingerprint density at radius 1 is 0.655 bits per heavy atom. The molecule has 0 rings (SSSR count). The summed E-state index contributed by atoms with van der Waals surface area (Å²) in [6, 6.07) is 0. The number of esters is 2. The lowest BCUT2D eigenvalue weighted by molar-refractivity contribution is -0.870. The number of phosphoric acid groups is 1. The first kappa shape index (κ1) is 52.9. The van der Waals surface area contributed by atoms with Crippen LogP contribution in [-0.2, 0) is 32.7 Å². The van der Waals surface area contributed by atoms with E-state index in [2.05, 4.69) is 13.8 Å². The van der Waals surface area contributed by atoms with Gasteiger partial charge in [-0.2, -0.15) is 0 Å². The van der Waals surface area contributed by atoms with Crippen LogP contribution >= 0.6 is 7.82 Å². The fraction of sp³-hybridized carbons (Fsp3) is 0.762. The Labute approximate surface area is 332 Å². The van der Waals surface area contributed by atoms with Gasteiger partial charge in [-0.1, -0.05) is 146 Å². The maximum atomic E-state index is 12.6. The van der Waals surface area contributed by atoms with Gasteiger partial charge in [0.15, 0.2) is 6.10 Å². The molecule has 0 aromatic carbocycles. The highest BCUT2D eigenvalue weighted by atomic mass is 31.2. The van der Waals surface area contributed by atoms with Crippen LogP contribution < -0.4 is 4.89 Å². The number of phosphoric ester groups is 1. The van der Waals surface area contributed by atoms with Crippen molar-refractivity contribution in [3.8, 4) is 0 Å². The number of rotatable bonds is 36. The number of aliphatic hydroxyl groups is 3. The van der Waals surface area contributed by atoms with Crippen LogP contribution in [0.1, 0.15) is 136 Å². The monoisotopic (exact) mass is 802 g/mol. The second-order valence-corrected chi connectivity index (χ2v) is 16.6. The molecule has 0 aromatic heterocycles. The third-order valence-corrected chi connectivity index (χ3v) is 9.68. The first-order valence-corrected chi connectivity index (χ1v) is 22.1. The van der Waals surface area contributed by atoms with Crippen LogP contribution in [0, 0.1) is 0 Å². The number of carbonyl (C=O) groups excluding carboxylic acids is 2. The molecule has 5 atom stereocenters. The minimum atomic E-state index is -4.70. The van der Waals surface area contributed by atoms with E-state index in [1.807, 2.05) is 21.1 Å². The molecule has 3 N–H and O–H groups in total. The quantitative estimate of drug-likeness (QED) is 0.0190. The number of hydrogen-bond acceptors (Lipinski definition) is 11. The fourth-order valence-electron chi connectivity index (χ4n) is 5.27. The van der Waals surface area contributed by atoms with Crippen molar-refractivity contribution in [2.45, 2.75) is 160 Å². The van der Waals surface area contributed by atoms with Crippen LogP contribution in [0.25, 0.3) is 0 Å². The average Bonchev–Trinajstić information content (AvgIpc) is 3.12. The first-order valence-electron chi connectivity index (χ1n) is 20.7. The molecule has 0 aliphatic carbocycles. The van der Waals surface area contributed by atoms with Crippen LogP contribution in [0.3, 0.4) is 0 Å². The molecule has 0 amide bonds. The molecule has 0 saturated heterocycles. The molecule has 0 bridgehead atoms. The van der Waals surface area contributed by atoms with Gasteiger partial charge < -0.3 is 43.2 Å². The molecule has 0 heterocycles. The molecule has 0 fully saturated rings. The highest BCUT2D eigenvalue weighted by Gasteiger charge is 2.22. The van der Waals surface area contributed by atoms with E-state index in [9.17, 15) is 34.4 Å². The van der Waals surface area contributed by atoms with Crippen molar-refractivity contribution in [3.63, 3.8) is 0 Å². The lowest BCUT2D eigenvalue weighted by Gasteiger charge is -2.28. The van der Waals surface area contributed by atoms with Crippen molar-refractivity contribution < 1.29 is 57.4 Å². The minimum Gasteiger partial charge on any atom is -0.756 e. The summed E-state index contributed by atoms with van der Waals surface area (Å²) >= 11 is 0. The fourth-order valence-corrected chi connectivity index (χ4v) is 6.00. The third kappa shape index (κ3) is 36.0. The van der Waals surface area contributed by atoms with Crippen molar-refractivity contribution in [3.05, 3.63) is 48.6 Å². The van der Waals surface area contributed by atoms with Crippen molar-refractivity contribution in [1.29, 1.82) is 0 Å². The molecule has 13 heteroatoms. The largest absolute Gasteiger partial charge is 0.756 e. The van der Waals surface area contributed by atoms with Gasteiger partial charge in [0.25, 0.3) is 7.82 Å². The van der Waals surface area contributed by atoms with Gasteiger partial charge in [0.1, 0.15) is 19.8 Å². The summed E-state index contributed by atoms with van der Waals surface area (Å²) in [5, 5.41) is 30.4. The zero-order chi connectivity index (χ0) is 41.2. The summed E-state index contributed by atoms with van der Waals surface area (Å²) < 4.78 is 33.5. The topological polar surface area (TPSA) is 172 Å². The molecule has 0 aromatic rings. The summed E-state index contributed by atoms with van der Waals surface area (Å²) in [4.78, 5) is 37.4. The molecule has 55 heavy (non-hydrogen) atoms. The summed E-state index contributed by atoms with van der Waals surface area (Å²) in [5.41, 5.74) is 0. The van der Waals surface area contributed by atoms with E-state index in [-0.39, 0.29) is 32.3 Å². The number of ether oxygens (including phenoxy) is 2. The van der Waals surface area contributed by atoms with Crippen molar-refractivity contribution >= 4 is 19.8 Å². The van der Waals surface area contributed by atoms with E-state index in [4.69, 9.17) is 18.5 Å². The second kappa shape index (κ2) is 33.9. The minimum absolute atomic E-state index is 0.0759. The van der Waals surface area contributed by atoms with Gasteiger partial charge >= 0.3 is 11.9 Å². The van der Waals surface area contributed by atoms with E-state index in [1.165, 1.54) is 51.0 Å². The smallest absolute Gasteiger partial charge is 0.306 e. The highest BCUT2D eigenvalue weighted by molar-refractivity contribution is 7.45. The summed E-state index contributed by atoms with van der Waals surface area (Å²) in [5.74, 6) is -1.17. The zero-order valence-corrected chi connectivity index (χ0v) is 35.6. The number of aliphatic hydroxyl groups excluding tert-OH is 3. The van der Waals surface area contributed by atoms with Gasteiger partial charge in [0.05, 0.1) is 46.1 Å². The summed E-state index contributed by atoms with van der Waals surface area (Å²) in [6.07, 6.45) is 26.6. The Bertz CT molecular complexity index is 1140. The van der Waals surface area contributed by atoms with Gasteiger partial charge in [-0.05, 0) is 25.7 Å².